The Morgan fingerprint density at radius 2 is 1.56 bits per heavy atom. The average molecular weight is 441 g/mol. The predicted molar refractivity (Wildman–Crippen MR) is 118 cm³/mol. The van der Waals surface area contributed by atoms with Gasteiger partial charge in [-0.3, -0.25) is 0 Å². The number of ether oxygens (including phenoxy) is 3. The first-order valence-electron chi connectivity index (χ1n) is 11.0. The standard InChI is InChI=1S/C21H27N7O4/c29-21(23-15-3-4-16-17(13-15)32-12-11-31-16)22-14-18-24-19(27-5-1-2-6-27)26-20(25-18)28-7-9-30-10-8-28/h3-4,13H,1-2,5-12,14H2,(H2,22,23,29). The Bertz CT molecular complexity index is 961. The predicted octanol–water partition coefficient (Wildman–Crippen LogP) is 1.40. The van der Waals surface area contributed by atoms with Gasteiger partial charge in [0.15, 0.2) is 17.3 Å². The zero-order valence-electron chi connectivity index (χ0n) is 17.9. The van der Waals surface area contributed by atoms with Crippen LogP contribution in [0.2, 0.25) is 0 Å². The highest BCUT2D eigenvalue weighted by atomic mass is 16.6. The van der Waals surface area contributed by atoms with E-state index in [2.05, 4.69) is 30.4 Å². The second-order valence-corrected chi connectivity index (χ2v) is 7.81. The van der Waals surface area contributed by atoms with Gasteiger partial charge in [-0.05, 0) is 25.0 Å². The number of carbonyl (C=O) groups excluding carboxylic acids is 1. The summed E-state index contributed by atoms with van der Waals surface area (Å²) < 4.78 is 16.5. The summed E-state index contributed by atoms with van der Waals surface area (Å²) in [6.07, 6.45) is 2.26. The fourth-order valence-electron chi connectivity index (χ4n) is 3.89. The molecule has 11 heteroatoms. The highest BCUT2D eigenvalue weighted by molar-refractivity contribution is 5.89. The van der Waals surface area contributed by atoms with Crippen molar-refractivity contribution in [3.05, 3.63) is 24.0 Å². The van der Waals surface area contributed by atoms with Crippen molar-refractivity contribution in [1.82, 2.24) is 20.3 Å². The van der Waals surface area contributed by atoms with Gasteiger partial charge in [0.05, 0.1) is 19.8 Å². The molecule has 2 fully saturated rings. The van der Waals surface area contributed by atoms with Gasteiger partial charge in [-0.2, -0.15) is 15.0 Å². The Morgan fingerprint density at radius 1 is 0.875 bits per heavy atom. The molecule has 0 spiro atoms. The first-order chi connectivity index (χ1) is 15.7. The molecule has 0 radical (unpaired) electrons. The van der Waals surface area contributed by atoms with E-state index in [4.69, 9.17) is 19.2 Å². The first-order valence-corrected chi connectivity index (χ1v) is 11.0. The van der Waals surface area contributed by atoms with Crippen molar-refractivity contribution in [2.45, 2.75) is 19.4 Å². The second-order valence-electron chi connectivity index (χ2n) is 7.81. The summed E-state index contributed by atoms with van der Waals surface area (Å²) >= 11 is 0. The molecule has 2 amide bonds. The summed E-state index contributed by atoms with van der Waals surface area (Å²) in [6, 6.07) is 4.96. The minimum atomic E-state index is -0.349. The maximum absolute atomic E-state index is 12.5. The molecular weight excluding hydrogens is 414 g/mol. The number of hydrogen-bond acceptors (Lipinski definition) is 9. The molecule has 2 aromatic rings. The Kier molecular flexibility index (Phi) is 6.06. The number of hydrogen-bond donors (Lipinski definition) is 2. The van der Waals surface area contributed by atoms with Crippen LogP contribution in [0.25, 0.3) is 0 Å². The third kappa shape index (κ3) is 4.77. The van der Waals surface area contributed by atoms with Crippen molar-refractivity contribution >= 4 is 23.6 Å². The van der Waals surface area contributed by atoms with Gasteiger partial charge < -0.3 is 34.6 Å². The molecule has 2 saturated heterocycles. The number of morpholine rings is 1. The maximum atomic E-state index is 12.5. The molecule has 3 aliphatic rings. The molecule has 3 aliphatic heterocycles. The van der Waals surface area contributed by atoms with E-state index < -0.39 is 0 Å². The molecule has 1 aromatic heterocycles. The number of aromatic nitrogens is 3. The third-order valence-electron chi connectivity index (χ3n) is 5.55. The van der Waals surface area contributed by atoms with Crippen molar-refractivity contribution < 1.29 is 19.0 Å². The summed E-state index contributed by atoms with van der Waals surface area (Å²) in [5.41, 5.74) is 0.620. The maximum Gasteiger partial charge on any atom is 0.319 e. The van der Waals surface area contributed by atoms with Crippen molar-refractivity contribution in [2.75, 3.05) is 67.7 Å². The van der Waals surface area contributed by atoms with Crippen molar-refractivity contribution in [2.24, 2.45) is 0 Å². The van der Waals surface area contributed by atoms with Crippen LogP contribution in [-0.2, 0) is 11.3 Å². The largest absolute Gasteiger partial charge is 0.486 e. The molecule has 4 heterocycles. The minimum absolute atomic E-state index is 0.192. The topological polar surface area (TPSA) is 114 Å². The third-order valence-corrected chi connectivity index (χ3v) is 5.55. The van der Waals surface area contributed by atoms with Gasteiger partial charge in [-0.25, -0.2) is 4.79 Å². The first kappa shape index (κ1) is 20.6. The second kappa shape index (κ2) is 9.43. The van der Waals surface area contributed by atoms with E-state index in [1.807, 2.05) is 0 Å². The minimum Gasteiger partial charge on any atom is -0.486 e. The van der Waals surface area contributed by atoms with E-state index in [0.29, 0.717) is 61.3 Å². The van der Waals surface area contributed by atoms with Crippen LogP contribution in [0.4, 0.5) is 22.4 Å². The van der Waals surface area contributed by atoms with Gasteiger partial charge in [0.25, 0.3) is 0 Å². The molecule has 0 saturated carbocycles. The lowest BCUT2D eigenvalue weighted by Crippen LogP contribution is -2.38. The molecular formula is C21H27N7O4. The van der Waals surface area contributed by atoms with Crippen LogP contribution in [0, 0.1) is 0 Å². The number of benzene rings is 1. The number of anilines is 3. The number of urea groups is 1. The fourth-order valence-corrected chi connectivity index (χ4v) is 3.89. The van der Waals surface area contributed by atoms with Crippen LogP contribution in [0.1, 0.15) is 18.7 Å². The van der Waals surface area contributed by atoms with Crippen LogP contribution in [0.3, 0.4) is 0 Å². The quantitative estimate of drug-likeness (QED) is 0.711. The molecule has 0 atom stereocenters. The number of nitrogens with zero attached hydrogens (tertiary/aromatic N) is 5. The van der Waals surface area contributed by atoms with Gasteiger partial charge in [0.1, 0.15) is 13.2 Å². The zero-order chi connectivity index (χ0) is 21.8. The van der Waals surface area contributed by atoms with Gasteiger partial charge in [-0.1, -0.05) is 0 Å². The Labute approximate surface area is 186 Å². The summed E-state index contributed by atoms with van der Waals surface area (Å²) in [4.78, 5) is 30.7. The monoisotopic (exact) mass is 441 g/mol. The Morgan fingerprint density at radius 3 is 2.31 bits per heavy atom. The van der Waals surface area contributed by atoms with Crippen molar-refractivity contribution in [3.8, 4) is 11.5 Å². The molecule has 1 aromatic carbocycles. The lowest BCUT2D eigenvalue weighted by molar-refractivity contribution is 0.122. The molecule has 170 valence electrons. The zero-order valence-corrected chi connectivity index (χ0v) is 17.9. The van der Waals surface area contributed by atoms with Gasteiger partial charge in [0, 0.05) is 37.9 Å². The molecule has 5 rings (SSSR count). The smallest absolute Gasteiger partial charge is 0.319 e. The van der Waals surface area contributed by atoms with Gasteiger partial charge in [0.2, 0.25) is 11.9 Å². The molecule has 32 heavy (non-hydrogen) atoms. The number of carbonyl (C=O) groups is 1. The highest BCUT2D eigenvalue weighted by Crippen LogP contribution is 2.32. The van der Waals surface area contributed by atoms with Gasteiger partial charge >= 0.3 is 6.03 Å². The van der Waals surface area contributed by atoms with Crippen LogP contribution < -0.4 is 29.9 Å². The van der Waals surface area contributed by atoms with E-state index in [-0.39, 0.29) is 12.6 Å². The summed E-state index contributed by atoms with van der Waals surface area (Å²) in [5.74, 6) is 3.13. The molecule has 0 unspecified atom stereocenters. The number of nitrogens with one attached hydrogen (secondary N) is 2. The lowest BCUT2D eigenvalue weighted by atomic mass is 10.2. The van der Waals surface area contributed by atoms with Crippen LogP contribution >= 0.6 is 0 Å². The molecule has 2 N–H and O–H groups in total. The molecule has 0 aliphatic carbocycles. The summed E-state index contributed by atoms with van der Waals surface area (Å²) in [6.45, 7) is 5.85. The van der Waals surface area contributed by atoms with E-state index in [1.165, 1.54) is 0 Å². The van der Waals surface area contributed by atoms with E-state index in [0.717, 1.165) is 39.0 Å². The number of fused-ring (bicyclic) bond motifs is 1. The van der Waals surface area contributed by atoms with Crippen LogP contribution in [0.5, 0.6) is 11.5 Å². The van der Waals surface area contributed by atoms with E-state index >= 15 is 0 Å². The Balaban J connectivity index is 1.26. The SMILES string of the molecule is O=C(NCc1nc(N2CCCC2)nc(N2CCOCC2)n1)Nc1ccc2c(c1)OCCO2. The molecule has 0 bridgehead atoms. The summed E-state index contributed by atoms with van der Waals surface area (Å²) in [7, 11) is 0. The van der Waals surface area contributed by atoms with Crippen molar-refractivity contribution in [3.63, 3.8) is 0 Å². The van der Waals surface area contributed by atoms with Gasteiger partial charge in [-0.15, -0.1) is 0 Å². The number of amides is 2. The highest BCUT2D eigenvalue weighted by Gasteiger charge is 2.21. The van der Waals surface area contributed by atoms with Crippen LogP contribution in [-0.4, -0.2) is 73.6 Å². The number of rotatable bonds is 5. The normalized spacial score (nSPS) is 17.9. The average Bonchev–Trinajstić information content (AvgIpc) is 3.38. The van der Waals surface area contributed by atoms with E-state index in [9.17, 15) is 4.79 Å². The van der Waals surface area contributed by atoms with Crippen LogP contribution in [0.15, 0.2) is 18.2 Å². The Hall–Kier alpha value is -3.34. The summed E-state index contributed by atoms with van der Waals surface area (Å²) in [5, 5.41) is 5.65. The van der Waals surface area contributed by atoms with Crippen molar-refractivity contribution in [1.29, 1.82) is 0 Å². The van der Waals surface area contributed by atoms with E-state index in [1.54, 1.807) is 18.2 Å². The fraction of sp³-hybridized carbons (Fsp3) is 0.524. The lowest BCUT2D eigenvalue weighted by Gasteiger charge is -2.28. The molecule has 11 nitrogen and oxygen atoms in total.